The van der Waals surface area contributed by atoms with Crippen LogP contribution in [0.4, 0.5) is 0 Å². The molecular formula is C16H16N2. The zero-order valence-corrected chi connectivity index (χ0v) is 10.4. The smallest absolute Gasteiger partial charge is 0.0728 e. The molecule has 0 saturated heterocycles. The van der Waals surface area contributed by atoms with Crippen molar-refractivity contribution in [1.29, 1.82) is 0 Å². The van der Waals surface area contributed by atoms with E-state index in [1.165, 1.54) is 0 Å². The van der Waals surface area contributed by atoms with Crippen LogP contribution < -0.4 is 0 Å². The molecule has 90 valence electrons. The number of aromatic nitrogens is 2. The Morgan fingerprint density at radius 2 is 2.06 bits per heavy atom. The second-order valence-corrected chi connectivity index (χ2v) is 3.86. The maximum Gasteiger partial charge on any atom is 0.0728 e. The van der Waals surface area contributed by atoms with E-state index in [1.54, 1.807) is 6.08 Å². The summed E-state index contributed by atoms with van der Waals surface area (Å²) in [5, 5.41) is 7.21. The van der Waals surface area contributed by atoms with Crippen LogP contribution in [0.1, 0.15) is 12.5 Å². The first-order valence-corrected chi connectivity index (χ1v) is 5.91. The number of aromatic amines is 1. The fourth-order valence-electron chi connectivity index (χ4n) is 1.84. The lowest BCUT2D eigenvalue weighted by Crippen LogP contribution is -1.84. The molecule has 2 aromatic rings. The summed E-state index contributed by atoms with van der Waals surface area (Å²) in [7, 11) is 0. The molecule has 1 N–H and O–H groups in total. The van der Waals surface area contributed by atoms with Gasteiger partial charge in [0.15, 0.2) is 0 Å². The highest BCUT2D eigenvalue weighted by Crippen LogP contribution is 2.27. The van der Waals surface area contributed by atoms with Gasteiger partial charge in [-0.1, -0.05) is 61.2 Å². The lowest BCUT2D eigenvalue weighted by molar-refractivity contribution is 1.10. The molecular weight excluding hydrogens is 220 g/mol. The van der Waals surface area contributed by atoms with Gasteiger partial charge in [0.1, 0.15) is 0 Å². The van der Waals surface area contributed by atoms with E-state index in [4.69, 9.17) is 0 Å². The minimum atomic E-state index is 1.04. The van der Waals surface area contributed by atoms with E-state index >= 15 is 0 Å². The average Bonchev–Trinajstić information content (AvgIpc) is 2.90. The Balaban J connectivity index is 2.45. The van der Waals surface area contributed by atoms with E-state index < -0.39 is 0 Å². The SMILES string of the molecule is C=C/C=C\C(=C/C)c1cn[nH]c1-c1ccccc1. The second kappa shape index (κ2) is 5.82. The van der Waals surface area contributed by atoms with Crippen LogP contribution in [0.3, 0.4) is 0 Å². The van der Waals surface area contributed by atoms with Crippen molar-refractivity contribution in [3.8, 4) is 11.3 Å². The maximum absolute atomic E-state index is 4.15. The number of allylic oxidation sites excluding steroid dienone is 5. The molecule has 18 heavy (non-hydrogen) atoms. The molecule has 0 aliphatic rings. The summed E-state index contributed by atoms with van der Waals surface area (Å²) in [6.45, 7) is 5.71. The monoisotopic (exact) mass is 236 g/mol. The number of hydrogen-bond acceptors (Lipinski definition) is 1. The second-order valence-electron chi connectivity index (χ2n) is 3.86. The van der Waals surface area contributed by atoms with Crippen LogP contribution in [0, 0.1) is 0 Å². The molecule has 0 aliphatic carbocycles. The Morgan fingerprint density at radius 1 is 1.28 bits per heavy atom. The minimum absolute atomic E-state index is 1.04. The van der Waals surface area contributed by atoms with Crippen molar-refractivity contribution in [3.63, 3.8) is 0 Å². The number of hydrogen-bond donors (Lipinski definition) is 1. The molecule has 0 saturated carbocycles. The van der Waals surface area contributed by atoms with Gasteiger partial charge in [0.2, 0.25) is 0 Å². The fourth-order valence-corrected chi connectivity index (χ4v) is 1.84. The highest BCUT2D eigenvalue weighted by atomic mass is 15.1. The molecule has 2 heteroatoms. The Labute approximate surface area is 107 Å². The molecule has 1 heterocycles. The van der Waals surface area contributed by atoms with Crippen molar-refractivity contribution in [1.82, 2.24) is 10.2 Å². The van der Waals surface area contributed by atoms with Crippen LogP contribution in [0.2, 0.25) is 0 Å². The van der Waals surface area contributed by atoms with Crippen LogP contribution in [0.15, 0.2) is 67.4 Å². The standard InChI is InChI=1S/C16H16N2/c1-3-5-9-13(4-2)15-12-17-18-16(15)14-10-7-6-8-11-14/h3-12H,1H2,2H3,(H,17,18)/b9-5-,13-4+. The summed E-state index contributed by atoms with van der Waals surface area (Å²) in [5.74, 6) is 0. The summed E-state index contributed by atoms with van der Waals surface area (Å²) in [5.41, 5.74) is 4.40. The summed E-state index contributed by atoms with van der Waals surface area (Å²) in [6.07, 6.45) is 9.65. The van der Waals surface area contributed by atoms with Crippen molar-refractivity contribution in [3.05, 3.63) is 73.0 Å². The molecule has 1 aromatic heterocycles. The van der Waals surface area contributed by atoms with Crippen molar-refractivity contribution in [2.45, 2.75) is 6.92 Å². The van der Waals surface area contributed by atoms with Gasteiger partial charge in [-0.05, 0) is 12.5 Å². The van der Waals surface area contributed by atoms with Gasteiger partial charge in [0.05, 0.1) is 11.9 Å². The van der Waals surface area contributed by atoms with Crippen LogP contribution in [0.5, 0.6) is 0 Å². The number of nitrogens with zero attached hydrogens (tertiary/aromatic N) is 1. The molecule has 0 aliphatic heterocycles. The van der Waals surface area contributed by atoms with Gasteiger partial charge < -0.3 is 0 Å². The third-order valence-electron chi connectivity index (χ3n) is 2.74. The molecule has 0 amide bonds. The maximum atomic E-state index is 4.15. The van der Waals surface area contributed by atoms with Gasteiger partial charge in [-0.25, -0.2) is 0 Å². The first-order valence-electron chi connectivity index (χ1n) is 5.91. The predicted molar refractivity (Wildman–Crippen MR) is 77.0 cm³/mol. The number of nitrogens with one attached hydrogen (secondary N) is 1. The molecule has 1 aromatic carbocycles. The molecule has 2 rings (SSSR count). The van der Waals surface area contributed by atoms with Crippen molar-refractivity contribution in [2.75, 3.05) is 0 Å². The molecule has 0 radical (unpaired) electrons. The Kier molecular flexibility index (Phi) is 3.92. The summed E-state index contributed by atoms with van der Waals surface area (Å²) >= 11 is 0. The van der Waals surface area contributed by atoms with E-state index in [2.05, 4.69) is 35.0 Å². The predicted octanol–water partition coefficient (Wildman–Crippen LogP) is 4.22. The number of rotatable bonds is 4. The Hall–Kier alpha value is -2.35. The summed E-state index contributed by atoms with van der Waals surface area (Å²) < 4.78 is 0. The third kappa shape index (κ3) is 2.48. The largest absolute Gasteiger partial charge is 0.277 e. The van der Waals surface area contributed by atoms with E-state index in [1.807, 2.05) is 43.5 Å². The first-order chi connectivity index (χ1) is 8.86. The fraction of sp³-hybridized carbons (Fsp3) is 0.0625. The van der Waals surface area contributed by atoms with Crippen LogP contribution in [-0.2, 0) is 0 Å². The highest BCUT2D eigenvalue weighted by molar-refractivity contribution is 5.83. The topological polar surface area (TPSA) is 28.7 Å². The van der Waals surface area contributed by atoms with Crippen molar-refractivity contribution >= 4 is 5.57 Å². The normalized spacial score (nSPS) is 11.9. The van der Waals surface area contributed by atoms with Gasteiger partial charge >= 0.3 is 0 Å². The van der Waals surface area contributed by atoms with E-state index in [-0.39, 0.29) is 0 Å². The van der Waals surface area contributed by atoms with Crippen molar-refractivity contribution < 1.29 is 0 Å². The Morgan fingerprint density at radius 3 is 2.72 bits per heavy atom. The molecule has 0 bridgehead atoms. The number of benzene rings is 1. The van der Waals surface area contributed by atoms with Crippen molar-refractivity contribution in [2.24, 2.45) is 0 Å². The Bertz CT molecular complexity index is 574. The van der Waals surface area contributed by atoms with Gasteiger partial charge in [-0.3, -0.25) is 5.10 Å². The molecule has 0 spiro atoms. The molecule has 0 fully saturated rings. The first kappa shape index (κ1) is 12.1. The zero-order chi connectivity index (χ0) is 12.8. The van der Waals surface area contributed by atoms with Crippen LogP contribution in [-0.4, -0.2) is 10.2 Å². The molecule has 2 nitrogen and oxygen atoms in total. The van der Waals surface area contributed by atoms with Crippen LogP contribution in [0.25, 0.3) is 16.8 Å². The van der Waals surface area contributed by atoms with E-state index in [0.717, 1.165) is 22.4 Å². The lowest BCUT2D eigenvalue weighted by Gasteiger charge is -2.03. The summed E-state index contributed by atoms with van der Waals surface area (Å²) in [6, 6.07) is 10.2. The average molecular weight is 236 g/mol. The number of H-pyrrole nitrogens is 1. The quantitative estimate of drug-likeness (QED) is 0.791. The van der Waals surface area contributed by atoms with Gasteiger partial charge in [0.25, 0.3) is 0 Å². The van der Waals surface area contributed by atoms with Gasteiger partial charge in [-0.15, -0.1) is 0 Å². The molecule has 0 atom stereocenters. The zero-order valence-electron chi connectivity index (χ0n) is 10.4. The van der Waals surface area contributed by atoms with Gasteiger partial charge in [0, 0.05) is 11.1 Å². The lowest BCUT2D eigenvalue weighted by atomic mass is 10.0. The van der Waals surface area contributed by atoms with Gasteiger partial charge in [-0.2, -0.15) is 5.10 Å². The van der Waals surface area contributed by atoms with Crippen LogP contribution >= 0.6 is 0 Å². The van der Waals surface area contributed by atoms with E-state index in [9.17, 15) is 0 Å². The van der Waals surface area contributed by atoms with E-state index in [0.29, 0.717) is 0 Å². The molecule has 0 unspecified atom stereocenters. The third-order valence-corrected chi connectivity index (χ3v) is 2.74. The highest BCUT2D eigenvalue weighted by Gasteiger charge is 2.09. The summed E-state index contributed by atoms with van der Waals surface area (Å²) in [4.78, 5) is 0. The minimum Gasteiger partial charge on any atom is -0.277 e.